The van der Waals surface area contributed by atoms with Crippen molar-refractivity contribution in [3.8, 4) is 0 Å². The molecule has 0 radical (unpaired) electrons. The van der Waals surface area contributed by atoms with Gasteiger partial charge in [0, 0.05) is 12.6 Å². The van der Waals surface area contributed by atoms with Crippen LogP contribution >= 0.6 is 0 Å². The Hall–Kier alpha value is -0.820. The zero-order valence-electron chi connectivity index (χ0n) is 12.1. The summed E-state index contributed by atoms with van der Waals surface area (Å²) in [5.41, 5.74) is 2.97. The van der Waals surface area contributed by atoms with Gasteiger partial charge in [-0.2, -0.15) is 0 Å². The first-order valence-electron chi connectivity index (χ1n) is 7.49. The predicted octanol–water partition coefficient (Wildman–Crippen LogP) is 4.16. The first kappa shape index (κ1) is 13.6. The Morgan fingerprint density at radius 1 is 1.00 bits per heavy atom. The minimum Gasteiger partial charge on any atom is -0.310 e. The number of hydrogen-bond acceptors (Lipinski definition) is 1. The maximum absolute atomic E-state index is 3.77. The van der Waals surface area contributed by atoms with E-state index < -0.39 is 0 Å². The van der Waals surface area contributed by atoms with Crippen molar-refractivity contribution in [3.05, 3.63) is 35.4 Å². The van der Waals surface area contributed by atoms with Gasteiger partial charge in [-0.15, -0.1) is 0 Å². The number of rotatable bonds is 4. The van der Waals surface area contributed by atoms with E-state index >= 15 is 0 Å². The highest BCUT2D eigenvalue weighted by molar-refractivity contribution is 5.26. The molecule has 0 aliphatic heterocycles. The highest BCUT2D eigenvalue weighted by Crippen LogP contribution is 2.28. The van der Waals surface area contributed by atoms with Crippen molar-refractivity contribution < 1.29 is 0 Å². The van der Waals surface area contributed by atoms with Crippen LogP contribution < -0.4 is 5.32 Å². The Balaban J connectivity index is 1.91. The van der Waals surface area contributed by atoms with Gasteiger partial charge in [0.25, 0.3) is 0 Å². The molecule has 0 saturated heterocycles. The van der Waals surface area contributed by atoms with Crippen LogP contribution in [0.2, 0.25) is 0 Å². The second kappa shape index (κ2) is 6.38. The van der Waals surface area contributed by atoms with Crippen LogP contribution in [0, 0.1) is 11.8 Å². The Labute approximate surface area is 112 Å². The van der Waals surface area contributed by atoms with Gasteiger partial charge in [0.2, 0.25) is 0 Å². The van der Waals surface area contributed by atoms with Crippen LogP contribution in [-0.4, -0.2) is 6.04 Å². The molecule has 1 aromatic carbocycles. The maximum Gasteiger partial charge on any atom is 0.0210 e. The Morgan fingerprint density at radius 3 is 2.22 bits per heavy atom. The zero-order valence-corrected chi connectivity index (χ0v) is 12.1. The van der Waals surface area contributed by atoms with Gasteiger partial charge in [0.05, 0.1) is 0 Å². The lowest BCUT2D eigenvalue weighted by Gasteiger charge is -2.32. The van der Waals surface area contributed by atoms with Gasteiger partial charge < -0.3 is 5.32 Å². The predicted molar refractivity (Wildman–Crippen MR) is 78.6 cm³/mol. The van der Waals surface area contributed by atoms with Gasteiger partial charge in [-0.05, 0) is 48.6 Å². The summed E-state index contributed by atoms with van der Waals surface area (Å²) in [5, 5.41) is 3.77. The summed E-state index contributed by atoms with van der Waals surface area (Å²) < 4.78 is 0. The SMILES string of the molecule is CCc1ccccc1CNC1CC(C)CC(C)C1. The third-order valence-corrected chi connectivity index (χ3v) is 4.26. The van der Waals surface area contributed by atoms with Crippen LogP contribution in [0.3, 0.4) is 0 Å². The molecule has 1 heteroatoms. The second-order valence-corrected chi connectivity index (χ2v) is 6.12. The topological polar surface area (TPSA) is 12.0 Å². The molecule has 0 aromatic heterocycles. The highest BCUT2D eigenvalue weighted by atomic mass is 14.9. The van der Waals surface area contributed by atoms with Crippen molar-refractivity contribution in [2.24, 2.45) is 11.8 Å². The monoisotopic (exact) mass is 245 g/mol. The molecule has 2 rings (SSSR count). The van der Waals surface area contributed by atoms with Gasteiger partial charge in [0.15, 0.2) is 0 Å². The highest BCUT2D eigenvalue weighted by Gasteiger charge is 2.23. The lowest BCUT2D eigenvalue weighted by atomic mass is 9.80. The molecule has 1 aliphatic carbocycles. The fourth-order valence-corrected chi connectivity index (χ4v) is 3.44. The van der Waals surface area contributed by atoms with E-state index in [1.807, 2.05) is 0 Å². The van der Waals surface area contributed by atoms with E-state index in [-0.39, 0.29) is 0 Å². The molecule has 1 aliphatic rings. The van der Waals surface area contributed by atoms with Crippen molar-refractivity contribution >= 4 is 0 Å². The maximum atomic E-state index is 3.77. The summed E-state index contributed by atoms with van der Waals surface area (Å²) in [4.78, 5) is 0. The molecule has 100 valence electrons. The van der Waals surface area contributed by atoms with Crippen LogP contribution in [0.5, 0.6) is 0 Å². The summed E-state index contributed by atoms with van der Waals surface area (Å²) in [6.45, 7) is 8.06. The summed E-state index contributed by atoms with van der Waals surface area (Å²) in [6, 6.07) is 9.54. The summed E-state index contributed by atoms with van der Waals surface area (Å²) in [7, 11) is 0. The number of benzene rings is 1. The largest absolute Gasteiger partial charge is 0.310 e. The Morgan fingerprint density at radius 2 is 1.61 bits per heavy atom. The van der Waals surface area contributed by atoms with Crippen LogP contribution in [0.1, 0.15) is 51.2 Å². The fraction of sp³-hybridized carbons (Fsp3) is 0.647. The molecular formula is C17H27N. The van der Waals surface area contributed by atoms with Gasteiger partial charge in [-0.1, -0.05) is 45.0 Å². The second-order valence-electron chi connectivity index (χ2n) is 6.12. The zero-order chi connectivity index (χ0) is 13.0. The number of hydrogen-bond donors (Lipinski definition) is 1. The van der Waals surface area contributed by atoms with Crippen LogP contribution in [0.25, 0.3) is 0 Å². The molecule has 1 saturated carbocycles. The van der Waals surface area contributed by atoms with Crippen LogP contribution in [-0.2, 0) is 13.0 Å². The minimum absolute atomic E-state index is 0.716. The summed E-state index contributed by atoms with van der Waals surface area (Å²) in [5.74, 6) is 1.76. The fourth-order valence-electron chi connectivity index (χ4n) is 3.44. The van der Waals surface area contributed by atoms with E-state index in [1.165, 1.54) is 30.4 Å². The molecule has 0 amide bonds. The molecule has 1 aromatic rings. The van der Waals surface area contributed by atoms with Crippen molar-refractivity contribution in [2.45, 2.75) is 59.0 Å². The molecule has 0 heterocycles. The van der Waals surface area contributed by atoms with Gasteiger partial charge in [-0.25, -0.2) is 0 Å². The average Bonchev–Trinajstić information content (AvgIpc) is 2.35. The average molecular weight is 245 g/mol. The van der Waals surface area contributed by atoms with E-state index in [0.29, 0.717) is 6.04 Å². The first-order valence-corrected chi connectivity index (χ1v) is 7.49. The molecule has 1 nitrogen and oxygen atoms in total. The molecule has 1 N–H and O–H groups in total. The molecule has 0 spiro atoms. The molecule has 2 atom stereocenters. The van der Waals surface area contributed by atoms with Crippen molar-refractivity contribution in [1.29, 1.82) is 0 Å². The van der Waals surface area contributed by atoms with Crippen molar-refractivity contribution in [1.82, 2.24) is 5.32 Å². The first-order chi connectivity index (χ1) is 8.69. The van der Waals surface area contributed by atoms with E-state index in [0.717, 1.165) is 24.8 Å². The molecule has 1 fully saturated rings. The molecule has 0 bridgehead atoms. The number of nitrogens with one attached hydrogen (secondary N) is 1. The summed E-state index contributed by atoms with van der Waals surface area (Å²) >= 11 is 0. The Bertz CT molecular complexity index is 362. The van der Waals surface area contributed by atoms with E-state index in [9.17, 15) is 0 Å². The third kappa shape index (κ3) is 3.58. The van der Waals surface area contributed by atoms with Crippen LogP contribution in [0.4, 0.5) is 0 Å². The molecular weight excluding hydrogens is 218 g/mol. The van der Waals surface area contributed by atoms with Gasteiger partial charge in [-0.3, -0.25) is 0 Å². The normalized spacial score (nSPS) is 28.3. The molecule has 18 heavy (non-hydrogen) atoms. The minimum atomic E-state index is 0.716. The molecule has 2 unspecified atom stereocenters. The van der Waals surface area contributed by atoms with E-state index in [4.69, 9.17) is 0 Å². The standard InChI is InChI=1S/C17H27N/c1-4-15-7-5-6-8-16(15)12-18-17-10-13(2)9-14(3)11-17/h5-8,13-14,17-18H,4,9-12H2,1-3H3. The number of aryl methyl sites for hydroxylation is 1. The lowest BCUT2D eigenvalue weighted by molar-refractivity contribution is 0.238. The quantitative estimate of drug-likeness (QED) is 0.839. The van der Waals surface area contributed by atoms with E-state index in [2.05, 4.69) is 50.4 Å². The van der Waals surface area contributed by atoms with Gasteiger partial charge >= 0.3 is 0 Å². The Kier molecular flexibility index (Phi) is 4.82. The van der Waals surface area contributed by atoms with Gasteiger partial charge in [0.1, 0.15) is 0 Å². The van der Waals surface area contributed by atoms with Crippen LogP contribution in [0.15, 0.2) is 24.3 Å². The van der Waals surface area contributed by atoms with Crippen molar-refractivity contribution in [2.75, 3.05) is 0 Å². The lowest BCUT2D eigenvalue weighted by Crippen LogP contribution is -2.36. The third-order valence-electron chi connectivity index (χ3n) is 4.26. The van der Waals surface area contributed by atoms with E-state index in [1.54, 1.807) is 0 Å². The summed E-state index contributed by atoms with van der Waals surface area (Å²) in [6.07, 6.45) is 5.23. The van der Waals surface area contributed by atoms with Crippen molar-refractivity contribution in [3.63, 3.8) is 0 Å². The smallest absolute Gasteiger partial charge is 0.0210 e.